The van der Waals surface area contributed by atoms with Crippen LogP contribution in [0.4, 0.5) is 0 Å². The number of nitrogens with one attached hydrogen (secondary N) is 2. The van der Waals surface area contributed by atoms with Crippen LogP contribution < -0.4 is 10.6 Å². The third-order valence-corrected chi connectivity index (χ3v) is 2.01. The molecule has 0 aromatic carbocycles. The average Bonchev–Trinajstić information content (AvgIpc) is 2.87. The number of allylic oxidation sites excluding steroid dienone is 3. The van der Waals surface area contributed by atoms with Gasteiger partial charge in [0.1, 0.15) is 5.76 Å². The maximum absolute atomic E-state index is 11.4. The molecule has 0 unspecified atom stereocenters. The predicted octanol–water partition coefficient (Wildman–Crippen LogP) is 1.14. The summed E-state index contributed by atoms with van der Waals surface area (Å²) in [5.74, 6) is 0.100. The van der Waals surface area contributed by atoms with Crippen LogP contribution in [-0.4, -0.2) is 18.4 Å². The molecular weight excluding hydrogens is 232 g/mol. The van der Waals surface area contributed by atoms with Gasteiger partial charge in [-0.15, -0.1) is 0 Å². The van der Waals surface area contributed by atoms with E-state index in [4.69, 9.17) is 4.42 Å². The van der Waals surface area contributed by atoms with Crippen LogP contribution in [0.3, 0.4) is 0 Å². The Labute approximate surface area is 106 Å². The molecule has 0 aliphatic rings. The van der Waals surface area contributed by atoms with Crippen LogP contribution in [-0.2, 0) is 16.1 Å². The number of rotatable bonds is 6. The van der Waals surface area contributed by atoms with E-state index in [-0.39, 0.29) is 18.4 Å². The number of carbonyl (C=O) groups excluding carboxylic acids is 2. The van der Waals surface area contributed by atoms with Crippen molar-refractivity contribution in [2.45, 2.75) is 13.5 Å². The molecule has 96 valence electrons. The van der Waals surface area contributed by atoms with Crippen molar-refractivity contribution in [3.05, 3.63) is 48.5 Å². The van der Waals surface area contributed by atoms with Crippen LogP contribution in [0.15, 0.2) is 47.1 Å². The van der Waals surface area contributed by atoms with Crippen molar-refractivity contribution in [1.82, 2.24) is 10.6 Å². The summed E-state index contributed by atoms with van der Waals surface area (Å²) in [6.07, 6.45) is 8.04. The molecule has 0 aliphatic carbocycles. The minimum atomic E-state index is -0.304. The summed E-state index contributed by atoms with van der Waals surface area (Å²) in [5, 5.41) is 5.09. The smallest absolute Gasteiger partial charge is 0.244 e. The van der Waals surface area contributed by atoms with E-state index in [0.29, 0.717) is 12.3 Å². The Morgan fingerprint density at radius 2 is 2.17 bits per heavy atom. The van der Waals surface area contributed by atoms with Crippen LogP contribution >= 0.6 is 0 Å². The SMILES string of the molecule is C/C=C/C=C/C(=O)NCC(=O)NCc1ccco1. The zero-order valence-corrected chi connectivity index (χ0v) is 10.2. The minimum absolute atomic E-state index is 0.0558. The molecule has 0 bridgehead atoms. The number of amides is 2. The molecule has 0 aliphatic heterocycles. The van der Waals surface area contributed by atoms with Gasteiger partial charge in [-0.3, -0.25) is 9.59 Å². The molecule has 1 heterocycles. The predicted molar refractivity (Wildman–Crippen MR) is 67.5 cm³/mol. The molecule has 5 heteroatoms. The van der Waals surface area contributed by atoms with E-state index < -0.39 is 0 Å². The quantitative estimate of drug-likeness (QED) is 0.586. The van der Waals surface area contributed by atoms with Gasteiger partial charge >= 0.3 is 0 Å². The van der Waals surface area contributed by atoms with Crippen molar-refractivity contribution in [3.63, 3.8) is 0 Å². The zero-order valence-electron chi connectivity index (χ0n) is 10.2. The Kier molecular flexibility index (Phi) is 6.03. The van der Waals surface area contributed by atoms with Crippen LogP contribution in [0.25, 0.3) is 0 Å². The first-order valence-electron chi connectivity index (χ1n) is 5.58. The van der Waals surface area contributed by atoms with Crippen LogP contribution in [0, 0.1) is 0 Å². The van der Waals surface area contributed by atoms with Gasteiger partial charge < -0.3 is 15.1 Å². The Hall–Kier alpha value is -2.30. The molecule has 0 spiro atoms. The molecule has 0 atom stereocenters. The number of furan rings is 1. The number of hydrogen-bond donors (Lipinski definition) is 2. The summed E-state index contributed by atoms with van der Waals surface area (Å²) in [5.41, 5.74) is 0. The standard InChI is InChI=1S/C13H16N2O3/c1-2-3-4-7-12(16)15-10-13(17)14-9-11-6-5-8-18-11/h2-8H,9-10H2,1H3,(H,14,17)(H,15,16)/b3-2+,7-4+. The summed E-state index contributed by atoms with van der Waals surface area (Å²) >= 11 is 0. The van der Waals surface area contributed by atoms with Crippen LogP contribution in [0.5, 0.6) is 0 Å². The second-order valence-corrected chi connectivity index (χ2v) is 3.46. The largest absolute Gasteiger partial charge is 0.467 e. The average molecular weight is 248 g/mol. The molecule has 0 saturated carbocycles. The molecule has 2 N–H and O–H groups in total. The Morgan fingerprint density at radius 1 is 1.33 bits per heavy atom. The van der Waals surface area contributed by atoms with Gasteiger partial charge in [0.25, 0.3) is 0 Å². The second kappa shape index (κ2) is 7.89. The Balaban J connectivity index is 2.18. The Bertz CT molecular complexity index is 433. The van der Waals surface area contributed by atoms with Gasteiger partial charge in [0.15, 0.2) is 0 Å². The van der Waals surface area contributed by atoms with Gasteiger partial charge in [-0.05, 0) is 19.1 Å². The summed E-state index contributed by atoms with van der Waals surface area (Å²) in [4.78, 5) is 22.6. The second-order valence-electron chi connectivity index (χ2n) is 3.46. The van der Waals surface area contributed by atoms with Crippen molar-refractivity contribution in [3.8, 4) is 0 Å². The molecule has 1 aromatic heterocycles. The normalized spacial score (nSPS) is 10.9. The fraction of sp³-hybridized carbons (Fsp3) is 0.231. The first-order valence-corrected chi connectivity index (χ1v) is 5.58. The highest BCUT2D eigenvalue weighted by Crippen LogP contribution is 1.97. The molecule has 5 nitrogen and oxygen atoms in total. The van der Waals surface area contributed by atoms with Gasteiger partial charge in [0, 0.05) is 6.08 Å². The number of hydrogen-bond acceptors (Lipinski definition) is 3. The van der Waals surface area contributed by atoms with Crippen molar-refractivity contribution in [1.29, 1.82) is 0 Å². The van der Waals surface area contributed by atoms with Crippen molar-refractivity contribution >= 4 is 11.8 Å². The first-order chi connectivity index (χ1) is 8.72. The van der Waals surface area contributed by atoms with Crippen LogP contribution in [0.1, 0.15) is 12.7 Å². The summed E-state index contributed by atoms with van der Waals surface area (Å²) in [6, 6.07) is 3.51. The monoisotopic (exact) mass is 248 g/mol. The van der Waals surface area contributed by atoms with E-state index in [0.717, 1.165) is 0 Å². The van der Waals surface area contributed by atoms with E-state index in [1.54, 1.807) is 30.4 Å². The van der Waals surface area contributed by atoms with E-state index >= 15 is 0 Å². The molecule has 0 radical (unpaired) electrons. The topological polar surface area (TPSA) is 71.3 Å². The van der Waals surface area contributed by atoms with Gasteiger partial charge in [0.2, 0.25) is 11.8 Å². The van der Waals surface area contributed by atoms with Gasteiger partial charge in [-0.1, -0.05) is 18.2 Å². The highest BCUT2D eigenvalue weighted by atomic mass is 16.3. The molecule has 0 fully saturated rings. The summed E-state index contributed by atoms with van der Waals surface area (Å²) in [6.45, 7) is 2.11. The first kappa shape index (κ1) is 13.8. The lowest BCUT2D eigenvalue weighted by Gasteiger charge is -2.03. The van der Waals surface area contributed by atoms with Gasteiger partial charge in [-0.2, -0.15) is 0 Å². The highest BCUT2D eigenvalue weighted by molar-refractivity contribution is 5.91. The molecule has 18 heavy (non-hydrogen) atoms. The summed E-state index contributed by atoms with van der Waals surface area (Å²) < 4.78 is 5.05. The van der Waals surface area contributed by atoms with E-state index in [9.17, 15) is 9.59 Å². The lowest BCUT2D eigenvalue weighted by Crippen LogP contribution is -2.35. The third-order valence-electron chi connectivity index (χ3n) is 2.01. The highest BCUT2D eigenvalue weighted by Gasteiger charge is 2.03. The van der Waals surface area contributed by atoms with E-state index in [1.807, 2.05) is 6.92 Å². The molecular formula is C13H16N2O3. The number of carbonyl (C=O) groups is 2. The van der Waals surface area contributed by atoms with Gasteiger partial charge in [0.05, 0.1) is 19.4 Å². The fourth-order valence-electron chi connectivity index (χ4n) is 1.14. The van der Waals surface area contributed by atoms with E-state index in [2.05, 4.69) is 10.6 Å². The molecule has 0 saturated heterocycles. The molecule has 1 aromatic rings. The maximum atomic E-state index is 11.4. The minimum Gasteiger partial charge on any atom is -0.467 e. The van der Waals surface area contributed by atoms with Crippen molar-refractivity contribution < 1.29 is 14.0 Å². The molecule has 2 amide bonds. The summed E-state index contributed by atoms with van der Waals surface area (Å²) in [7, 11) is 0. The van der Waals surface area contributed by atoms with E-state index in [1.165, 1.54) is 12.3 Å². The van der Waals surface area contributed by atoms with Crippen molar-refractivity contribution in [2.75, 3.05) is 6.54 Å². The lowest BCUT2D eigenvalue weighted by molar-refractivity contribution is -0.124. The third kappa shape index (κ3) is 5.69. The zero-order chi connectivity index (χ0) is 13.2. The lowest BCUT2D eigenvalue weighted by atomic mass is 10.4. The fourth-order valence-corrected chi connectivity index (χ4v) is 1.14. The van der Waals surface area contributed by atoms with Crippen molar-refractivity contribution in [2.24, 2.45) is 0 Å². The Morgan fingerprint density at radius 3 is 2.83 bits per heavy atom. The van der Waals surface area contributed by atoms with Crippen LogP contribution in [0.2, 0.25) is 0 Å². The van der Waals surface area contributed by atoms with Gasteiger partial charge in [-0.25, -0.2) is 0 Å². The maximum Gasteiger partial charge on any atom is 0.244 e. The molecule has 1 rings (SSSR count).